The quantitative estimate of drug-likeness (QED) is 0.306. The molecule has 7 heteroatoms. The molecule has 0 saturated heterocycles. The van der Waals surface area contributed by atoms with Crippen LogP contribution >= 0.6 is 0 Å². The van der Waals surface area contributed by atoms with Gasteiger partial charge in [-0.1, -0.05) is 0 Å². The zero-order chi connectivity index (χ0) is 13.1. The third kappa shape index (κ3) is 8.91. The molecule has 0 heterocycles. The Morgan fingerprint density at radius 2 is 1.65 bits per heavy atom. The van der Waals surface area contributed by atoms with E-state index in [0.717, 1.165) is 12.2 Å². The SMILES string of the molecule is CCNC(=O)OCCOC(=O)/C=C/C(=O)OC. The van der Waals surface area contributed by atoms with Crippen molar-refractivity contribution in [3.63, 3.8) is 0 Å². The molecule has 0 fully saturated rings. The Balaban J connectivity index is 3.61. The number of carbonyl (C=O) groups excluding carboxylic acids is 3. The van der Waals surface area contributed by atoms with Gasteiger partial charge in [0.15, 0.2) is 0 Å². The highest BCUT2D eigenvalue weighted by atomic mass is 16.6. The molecule has 0 rings (SSSR count). The van der Waals surface area contributed by atoms with Gasteiger partial charge in [-0.05, 0) is 6.92 Å². The van der Waals surface area contributed by atoms with Gasteiger partial charge in [-0.15, -0.1) is 0 Å². The van der Waals surface area contributed by atoms with Crippen LogP contribution in [-0.2, 0) is 23.8 Å². The number of hydrogen-bond acceptors (Lipinski definition) is 6. The summed E-state index contributed by atoms with van der Waals surface area (Å²) >= 11 is 0. The number of methoxy groups -OCH3 is 1. The first-order valence-corrected chi connectivity index (χ1v) is 4.93. The van der Waals surface area contributed by atoms with E-state index < -0.39 is 18.0 Å². The summed E-state index contributed by atoms with van der Waals surface area (Å²) < 4.78 is 13.5. The second-order valence-corrected chi connectivity index (χ2v) is 2.69. The number of rotatable bonds is 6. The van der Waals surface area contributed by atoms with Gasteiger partial charge in [0.2, 0.25) is 0 Å². The van der Waals surface area contributed by atoms with Crippen LogP contribution in [0.4, 0.5) is 4.79 Å². The predicted octanol–water partition coefficient (Wildman–Crippen LogP) is 0.00490. The van der Waals surface area contributed by atoms with Gasteiger partial charge in [0.1, 0.15) is 13.2 Å². The zero-order valence-corrected chi connectivity index (χ0v) is 9.73. The van der Waals surface area contributed by atoms with Crippen molar-refractivity contribution in [2.75, 3.05) is 26.9 Å². The summed E-state index contributed by atoms with van der Waals surface area (Å²) in [6.07, 6.45) is 1.29. The molecule has 1 amide bonds. The molecule has 0 atom stereocenters. The van der Waals surface area contributed by atoms with Gasteiger partial charge in [0, 0.05) is 18.7 Å². The molecule has 96 valence electrons. The minimum atomic E-state index is -0.713. The van der Waals surface area contributed by atoms with Gasteiger partial charge in [-0.2, -0.15) is 0 Å². The van der Waals surface area contributed by atoms with E-state index in [1.54, 1.807) is 6.92 Å². The lowest BCUT2D eigenvalue weighted by Gasteiger charge is -2.04. The van der Waals surface area contributed by atoms with Crippen molar-refractivity contribution in [2.45, 2.75) is 6.92 Å². The molecule has 0 bridgehead atoms. The number of carbonyl (C=O) groups is 3. The second kappa shape index (κ2) is 9.20. The Morgan fingerprint density at radius 3 is 2.24 bits per heavy atom. The minimum absolute atomic E-state index is 0.0519. The van der Waals surface area contributed by atoms with E-state index >= 15 is 0 Å². The molecule has 0 radical (unpaired) electrons. The minimum Gasteiger partial charge on any atom is -0.466 e. The zero-order valence-electron chi connectivity index (χ0n) is 9.73. The molecular formula is C10H15NO6. The maximum atomic E-state index is 11.0. The molecule has 0 aliphatic rings. The van der Waals surface area contributed by atoms with Gasteiger partial charge < -0.3 is 19.5 Å². The second-order valence-electron chi connectivity index (χ2n) is 2.69. The Hall–Kier alpha value is -2.05. The first-order valence-electron chi connectivity index (χ1n) is 4.93. The molecule has 0 aliphatic carbocycles. The number of nitrogens with one attached hydrogen (secondary N) is 1. The first-order chi connectivity index (χ1) is 8.10. The van der Waals surface area contributed by atoms with Crippen LogP contribution in [0.15, 0.2) is 12.2 Å². The fourth-order valence-electron chi connectivity index (χ4n) is 0.724. The van der Waals surface area contributed by atoms with E-state index in [-0.39, 0.29) is 13.2 Å². The molecule has 0 aromatic rings. The average molecular weight is 245 g/mol. The lowest BCUT2D eigenvalue weighted by atomic mass is 10.5. The van der Waals surface area contributed by atoms with Crippen LogP contribution in [-0.4, -0.2) is 44.9 Å². The molecule has 0 spiro atoms. The van der Waals surface area contributed by atoms with E-state index in [1.165, 1.54) is 7.11 Å². The average Bonchev–Trinajstić information content (AvgIpc) is 2.32. The van der Waals surface area contributed by atoms with Gasteiger partial charge in [-0.3, -0.25) is 0 Å². The van der Waals surface area contributed by atoms with Crippen molar-refractivity contribution in [3.05, 3.63) is 12.2 Å². The summed E-state index contributed by atoms with van der Waals surface area (Å²) in [6.45, 7) is 2.07. The largest absolute Gasteiger partial charge is 0.466 e. The van der Waals surface area contributed by atoms with Gasteiger partial charge in [-0.25, -0.2) is 14.4 Å². The highest BCUT2D eigenvalue weighted by Gasteiger charge is 2.01. The Kier molecular flexibility index (Phi) is 8.09. The topological polar surface area (TPSA) is 90.9 Å². The highest BCUT2D eigenvalue weighted by Crippen LogP contribution is 1.85. The molecule has 7 nitrogen and oxygen atoms in total. The molecular weight excluding hydrogens is 230 g/mol. The van der Waals surface area contributed by atoms with Gasteiger partial charge in [0.05, 0.1) is 7.11 Å². The van der Waals surface area contributed by atoms with E-state index in [4.69, 9.17) is 0 Å². The number of esters is 2. The van der Waals surface area contributed by atoms with Crippen molar-refractivity contribution in [1.29, 1.82) is 0 Å². The summed E-state index contributed by atoms with van der Waals surface area (Å²) in [5, 5.41) is 2.40. The summed E-state index contributed by atoms with van der Waals surface area (Å²) in [5.41, 5.74) is 0. The first kappa shape index (κ1) is 14.9. The van der Waals surface area contributed by atoms with Crippen molar-refractivity contribution in [3.8, 4) is 0 Å². The summed E-state index contributed by atoms with van der Waals surface area (Å²) in [7, 11) is 1.19. The maximum absolute atomic E-state index is 11.0. The lowest BCUT2D eigenvalue weighted by molar-refractivity contribution is -0.140. The molecule has 0 aromatic heterocycles. The van der Waals surface area contributed by atoms with Crippen LogP contribution in [0, 0.1) is 0 Å². The van der Waals surface area contributed by atoms with E-state index in [1.807, 2.05) is 0 Å². The number of hydrogen-bond donors (Lipinski definition) is 1. The lowest BCUT2D eigenvalue weighted by Crippen LogP contribution is -2.25. The predicted molar refractivity (Wildman–Crippen MR) is 57.1 cm³/mol. The van der Waals surface area contributed by atoms with Crippen molar-refractivity contribution in [2.24, 2.45) is 0 Å². The standard InChI is InChI=1S/C10H15NO6/c1-3-11-10(14)17-7-6-16-9(13)5-4-8(12)15-2/h4-5H,3,6-7H2,1-2H3,(H,11,14)/b5-4+. The Morgan fingerprint density at radius 1 is 1.06 bits per heavy atom. The van der Waals surface area contributed by atoms with Crippen LogP contribution in [0.2, 0.25) is 0 Å². The molecule has 0 aromatic carbocycles. The van der Waals surface area contributed by atoms with Gasteiger partial charge >= 0.3 is 18.0 Å². The molecule has 1 N–H and O–H groups in total. The molecule has 17 heavy (non-hydrogen) atoms. The third-order valence-corrected chi connectivity index (χ3v) is 1.44. The summed E-state index contributed by atoms with van der Waals surface area (Å²) in [6, 6.07) is 0. The van der Waals surface area contributed by atoms with Crippen LogP contribution in [0.1, 0.15) is 6.92 Å². The van der Waals surface area contributed by atoms with Crippen LogP contribution in [0.5, 0.6) is 0 Å². The fourth-order valence-corrected chi connectivity index (χ4v) is 0.724. The smallest absolute Gasteiger partial charge is 0.407 e. The van der Waals surface area contributed by atoms with Crippen LogP contribution in [0.25, 0.3) is 0 Å². The number of ether oxygens (including phenoxy) is 3. The third-order valence-electron chi connectivity index (χ3n) is 1.44. The van der Waals surface area contributed by atoms with Crippen molar-refractivity contribution < 1.29 is 28.6 Å². The number of alkyl carbamates (subject to hydrolysis) is 1. The Bertz CT molecular complexity index is 299. The number of amides is 1. The molecule has 0 saturated carbocycles. The fraction of sp³-hybridized carbons (Fsp3) is 0.500. The highest BCUT2D eigenvalue weighted by molar-refractivity contribution is 5.91. The van der Waals surface area contributed by atoms with Gasteiger partial charge in [0.25, 0.3) is 0 Å². The Labute approximate surface area is 98.7 Å². The normalized spacial score (nSPS) is 9.76. The van der Waals surface area contributed by atoms with E-state index in [0.29, 0.717) is 6.54 Å². The van der Waals surface area contributed by atoms with Crippen LogP contribution in [0.3, 0.4) is 0 Å². The van der Waals surface area contributed by atoms with E-state index in [9.17, 15) is 14.4 Å². The van der Waals surface area contributed by atoms with E-state index in [2.05, 4.69) is 19.5 Å². The summed E-state index contributed by atoms with van der Waals surface area (Å²) in [5.74, 6) is -1.37. The molecule has 0 unspecified atom stereocenters. The monoisotopic (exact) mass is 245 g/mol. The van der Waals surface area contributed by atoms with Crippen molar-refractivity contribution in [1.82, 2.24) is 5.32 Å². The molecule has 0 aliphatic heterocycles. The summed E-state index contributed by atoms with van der Waals surface area (Å²) in [4.78, 5) is 32.4. The van der Waals surface area contributed by atoms with Crippen molar-refractivity contribution >= 4 is 18.0 Å². The van der Waals surface area contributed by atoms with Crippen LogP contribution < -0.4 is 5.32 Å². The maximum Gasteiger partial charge on any atom is 0.407 e.